The van der Waals surface area contributed by atoms with E-state index in [0.717, 1.165) is 22.3 Å². The summed E-state index contributed by atoms with van der Waals surface area (Å²) in [6.07, 6.45) is 1.06. The van der Waals surface area contributed by atoms with Crippen LogP contribution in [0, 0.1) is 0 Å². The molecule has 0 aromatic heterocycles. The lowest BCUT2D eigenvalue weighted by atomic mass is 9.98. The second-order valence-electron chi connectivity index (χ2n) is 7.49. The van der Waals surface area contributed by atoms with Gasteiger partial charge >= 0.3 is 6.09 Å². The van der Waals surface area contributed by atoms with Gasteiger partial charge in [0.1, 0.15) is 12.6 Å². The predicted octanol–water partition coefficient (Wildman–Crippen LogP) is 1.62. The molecule has 0 saturated carbocycles. The van der Waals surface area contributed by atoms with E-state index in [1.807, 2.05) is 36.4 Å². The fraction of sp³-hybridized carbons (Fsp3) is 0.348. The Balaban J connectivity index is 1.63. The number of hydrogen-bond acceptors (Lipinski definition) is 5. The summed E-state index contributed by atoms with van der Waals surface area (Å²) >= 11 is 0. The van der Waals surface area contributed by atoms with Crippen molar-refractivity contribution < 1.29 is 19.1 Å². The highest BCUT2D eigenvalue weighted by Crippen LogP contribution is 2.44. The maximum absolute atomic E-state index is 12.5. The van der Waals surface area contributed by atoms with Gasteiger partial charge in [-0.15, -0.1) is 0 Å². The van der Waals surface area contributed by atoms with E-state index in [1.165, 1.54) is 0 Å². The van der Waals surface area contributed by atoms with Crippen LogP contribution in [0.2, 0.25) is 0 Å². The number of alkyl carbamates (subject to hydrolysis) is 1. The normalized spacial score (nSPS) is 13.1. The average molecular weight is 425 g/mol. The summed E-state index contributed by atoms with van der Waals surface area (Å²) in [4.78, 5) is 35.8. The van der Waals surface area contributed by atoms with Crippen LogP contribution in [0.25, 0.3) is 11.1 Å². The molecular formula is C23H28N4O4. The number of rotatable bonds is 10. The van der Waals surface area contributed by atoms with Crippen molar-refractivity contribution >= 4 is 17.9 Å². The van der Waals surface area contributed by atoms with Gasteiger partial charge in [-0.2, -0.15) is 0 Å². The number of nitrogens with one attached hydrogen (secondary N) is 2. The molecule has 8 heteroatoms. The average Bonchev–Trinajstić information content (AvgIpc) is 3.09. The molecule has 2 aromatic rings. The molecule has 0 fully saturated rings. The Morgan fingerprint density at radius 1 is 0.968 bits per heavy atom. The highest BCUT2D eigenvalue weighted by molar-refractivity contribution is 5.89. The first-order valence-electron chi connectivity index (χ1n) is 10.4. The number of fused-ring (bicyclic) bond motifs is 3. The minimum Gasteiger partial charge on any atom is -0.449 e. The van der Waals surface area contributed by atoms with E-state index in [1.54, 1.807) is 0 Å². The number of benzene rings is 2. The fourth-order valence-corrected chi connectivity index (χ4v) is 3.84. The van der Waals surface area contributed by atoms with E-state index in [2.05, 4.69) is 22.8 Å². The Labute approximate surface area is 181 Å². The monoisotopic (exact) mass is 424 g/mol. The second kappa shape index (κ2) is 10.6. The molecule has 0 bridgehead atoms. The zero-order chi connectivity index (χ0) is 22.2. The van der Waals surface area contributed by atoms with Crippen LogP contribution in [0.3, 0.4) is 0 Å². The fourth-order valence-electron chi connectivity index (χ4n) is 3.84. The van der Waals surface area contributed by atoms with Crippen molar-refractivity contribution in [2.75, 3.05) is 19.7 Å². The largest absolute Gasteiger partial charge is 0.449 e. The van der Waals surface area contributed by atoms with Gasteiger partial charge in [-0.25, -0.2) is 4.79 Å². The molecule has 0 saturated heterocycles. The summed E-state index contributed by atoms with van der Waals surface area (Å²) < 4.78 is 5.51. The van der Waals surface area contributed by atoms with E-state index in [9.17, 15) is 14.4 Å². The van der Waals surface area contributed by atoms with Crippen LogP contribution in [0.4, 0.5) is 4.79 Å². The third kappa shape index (κ3) is 5.61. The third-order valence-electron chi connectivity index (χ3n) is 5.34. The molecule has 31 heavy (non-hydrogen) atoms. The summed E-state index contributed by atoms with van der Waals surface area (Å²) in [5, 5.41) is 5.03. The van der Waals surface area contributed by atoms with Crippen molar-refractivity contribution in [1.82, 2.24) is 10.6 Å². The quantitative estimate of drug-likeness (QED) is 0.430. The van der Waals surface area contributed by atoms with Crippen molar-refractivity contribution in [2.24, 2.45) is 11.5 Å². The summed E-state index contributed by atoms with van der Waals surface area (Å²) in [6, 6.07) is 15.3. The lowest BCUT2D eigenvalue weighted by molar-refractivity contribution is -0.126. The van der Waals surface area contributed by atoms with E-state index in [-0.39, 0.29) is 19.1 Å². The van der Waals surface area contributed by atoms with Gasteiger partial charge in [0.15, 0.2) is 0 Å². The topological polar surface area (TPSA) is 137 Å². The van der Waals surface area contributed by atoms with Crippen molar-refractivity contribution in [3.63, 3.8) is 0 Å². The predicted molar refractivity (Wildman–Crippen MR) is 117 cm³/mol. The van der Waals surface area contributed by atoms with Gasteiger partial charge in [-0.05, 0) is 48.1 Å². The molecule has 0 heterocycles. The second-order valence-corrected chi connectivity index (χ2v) is 7.49. The van der Waals surface area contributed by atoms with Gasteiger partial charge in [-0.3, -0.25) is 9.59 Å². The van der Waals surface area contributed by atoms with E-state index >= 15 is 0 Å². The number of carbonyl (C=O) groups is 3. The Bertz CT molecular complexity index is 901. The molecular weight excluding hydrogens is 396 g/mol. The molecule has 164 valence electrons. The number of nitrogens with two attached hydrogens (primary N) is 2. The first kappa shape index (κ1) is 22.3. The molecule has 2 aromatic carbocycles. The van der Waals surface area contributed by atoms with Gasteiger partial charge in [0.2, 0.25) is 11.8 Å². The third-order valence-corrected chi connectivity index (χ3v) is 5.34. The van der Waals surface area contributed by atoms with E-state index in [4.69, 9.17) is 16.2 Å². The maximum Gasteiger partial charge on any atom is 0.407 e. The molecule has 3 rings (SSSR count). The summed E-state index contributed by atoms with van der Waals surface area (Å²) in [5.41, 5.74) is 15.1. The van der Waals surface area contributed by atoms with Crippen LogP contribution >= 0.6 is 0 Å². The standard InChI is InChI=1S/C23H28N4O4/c24-12-6-5-11-20(22(29)26-13-21(25)28)27-23(30)31-14-19-17-9-3-1-7-15(17)16-8-2-4-10-18(16)19/h1-4,7-10,19-20H,5-6,11-14,24H2,(H2,25,28)(H,26,29)(H,27,30). The number of ether oxygens (including phenoxy) is 1. The van der Waals surface area contributed by atoms with Gasteiger partial charge in [0.25, 0.3) is 0 Å². The van der Waals surface area contributed by atoms with Crippen LogP contribution in [0.15, 0.2) is 48.5 Å². The number of hydrogen-bond donors (Lipinski definition) is 4. The maximum atomic E-state index is 12.5. The molecule has 3 amide bonds. The molecule has 1 aliphatic rings. The summed E-state index contributed by atoms with van der Waals surface area (Å²) in [7, 11) is 0. The minimum atomic E-state index is -0.832. The highest BCUT2D eigenvalue weighted by Gasteiger charge is 2.29. The lowest BCUT2D eigenvalue weighted by Gasteiger charge is -2.19. The van der Waals surface area contributed by atoms with Crippen molar-refractivity contribution in [3.05, 3.63) is 59.7 Å². The zero-order valence-corrected chi connectivity index (χ0v) is 17.3. The van der Waals surface area contributed by atoms with Crippen molar-refractivity contribution in [3.8, 4) is 11.1 Å². The smallest absolute Gasteiger partial charge is 0.407 e. The summed E-state index contributed by atoms with van der Waals surface area (Å²) in [6.45, 7) is 0.345. The van der Waals surface area contributed by atoms with Gasteiger partial charge < -0.3 is 26.8 Å². The number of unbranched alkanes of at least 4 members (excludes halogenated alkanes) is 1. The van der Waals surface area contributed by atoms with Crippen LogP contribution in [0.1, 0.15) is 36.3 Å². The molecule has 1 atom stereocenters. The number of carbonyl (C=O) groups excluding carboxylic acids is 3. The molecule has 8 nitrogen and oxygen atoms in total. The van der Waals surface area contributed by atoms with Gasteiger partial charge in [0.05, 0.1) is 6.54 Å². The number of amides is 3. The molecule has 0 spiro atoms. The van der Waals surface area contributed by atoms with Crippen LogP contribution in [-0.4, -0.2) is 43.6 Å². The van der Waals surface area contributed by atoms with Gasteiger partial charge in [-0.1, -0.05) is 48.5 Å². The van der Waals surface area contributed by atoms with Crippen LogP contribution in [-0.2, 0) is 14.3 Å². The Morgan fingerprint density at radius 3 is 2.16 bits per heavy atom. The zero-order valence-electron chi connectivity index (χ0n) is 17.3. The lowest BCUT2D eigenvalue weighted by Crippen LogP contribution is -2.48. The van der Waals surface area contributed by atoms with Gasteiger partial charge in [0, 0.05) is 5.92 Å². The van der Waals surface area contributed by atoms with Crippen molar-refractivity contribution in [2.45, 2.75) is 31.2 Å². The minimum absolute atomic E-state index is 0.0717. The molecule has 0 radical (unpaired) electrons. The Hall–Kier alpha value is -3.39. The number of primary amides is 1. The van der Waals surface area contributed by atoms with E-state index in [0.29, 0.717) is 25.8 Å². The van der Waals surface area contributed by atoms with Crippen LogP contribution in [0.5, 0.6) is 0 Å². The first-order chi connectivity index (χ1) is 15.0. The Kier molecular flexibility index (Phi) is 7.61. The first-order valence-corrected chi connectivity index (χ1v) is 10.4. The molecule has 1 unspecified atom stereocenters. The summed E-state index contributed by atoms with van der Waals surface area (Å²) in [5.74, 6) is -1.21. The highest BCUT2D eigenvalue weighted by atomic mass is 16.5. The van der Waals surface area contributed by atoms with Crippen molar-refractivity contribution in [1.29, 1.82) is 0 Å². The Morgan fingerprint density at radius 2 is 1.58 bits per heavy atom. The molecule has 0 aliphatic heterocycles. The molecule has 1 aliphatic carbocycles. The molecule has 6 N–H and O–H groups in total. The van der Waals surface area contributed by atoms with Crippen LogP contribution < -0.4 is 22.1 Å². The van der Waals surface area contributed by atoms with E-state index < -0.39 is 23.9 Å². The SMILES string of the molecule is NCCCCC(NC(=O)OCC1c2ccccc2-c2ccccc21)C(=O)NCC(N)=O.